The second-order valence-corrected chi connectivity index (χ2v) is 11.5. The molecule has 1 unspecified atom stereocenters. The zero-order valence-corrected chi connectivity index (χ0v) is 21.5. The number of nitrogens with zero attached hydrogens (tertiary/aromatic N) is 1. The minimum Gasteiger partial charge on any atom is -0.454 e. The Morgan fingerprint density at radius 2 is 2.00 bits per heavy atom. The summed E-state index contributed by atoms with van der Waals surface area (Å²) in [5.41, 5.74) is 7.01. The summed E-state index contributed by atoms with van der Waals surface area (Å²) < 4.78 is 20.2. The largest absolute Gasteiger partial charge is 0.454 e. The van der Waals surface area contributed by atoms with E-state index in [1.807, 2.05) is 32.0 Å². The lowest BCUT2D eigenvalue weighted by molar-refractivity contribution is -0.178. The van der Waals surface area contributed by atoms with E-state index in [1.165, 1.54) is 16.7 Å². The van der Waals surface area contributed by atoms with Gasteiger partial charge in [-0.2, -0.15) is 0 Å². The van der Waals surface area contributed by atoms with Crippen molar-refractivity contribution < 1.29 is 38.1 Å². The normalized spacial score (nSPS) is 24.1. The summed E-state index contributed by atoms with van der Waals surface area (Å²) in [6.45, 7) is 6.62. The van der Waals surface area contributed by atoms with Gasteiger partial charge in [0.25, 0.3) is 0 Å². The molecular formula is C24H31N3O8S. The van der Waals surface area contributed by atoms with Gasteiger partial charge in [0.15, 0.2) is 11.5 Å². The average Bonchev–Trinajstić information content (AvgIpc) is 3.41. The molecule has 0 aliphatic carbocycles. The lowest BCUT2D eigenvalue weighted by atomic mass is 9.95. The number of fused-ring (bicyclic) bond motifs is 2. The molecule has 0 radical (unpaired) electrons. The van der Waals surface area contributed by atoms with Crippen molar-refractivity contribution in [2.75, 3.05) is 13.6 Å². The predicted molar refractivity (Wildman–Crippen MR) is 129 cm³/mol. The van der Waals surface area contributed by atoms with Gasteiger partial charge in [-0.05, 0) is 38.3 Å². The van der Waals surface area contributed by atoms with Crippen molar-refractivity contribution in [1.82, 2.24) is 10.2 Å². The minimum atomic E-state index is -0.873. The van der Waals surface area contributed by atoms with Crippen LogP contribution in [0.4, 0.5) is 0 Å². The van der Waals surface area contributed by atoms with E-state index >= 15 is 0 Å². The van der Waals surface area contributed by atoms with Gasteiger partial charge < -0.3 is 34.9 Å². The molecule has 0 saturated carbocycles. The lowest BCUT2D eigenvalue weighted by Crippen LogP contribution is -2.71. The third kappa shape index (κ3) is 4.96. The number of carbonyl (C=O) groups is 4. The molecule has 12 heteroatoms. The minimum absolute atomic E-state index is 0.159. The molecule has 3 aliphatic heterocycles. The number of β-lactam (4-membered cyclic amide) rings is 1. The first-order valence-electron chi connectivity index (χ1n) is 11.8. The Morgan fingerprint density at radius 1 is 1.25 bits per heavy atom. The van der Waals surface area contributed by atoms with E-state index < -0.39 is 52.9 Å². The fourth-order valence-corrected chi connectivity index (χ4v) is 6.03. The Hall–Kier alpha value is -2.99. The summed E-state index contributed by atoms with van der Waals surface area (Å²) in [6, 6.07) is 3.07. The fourth-order valence-electron chi connectivity index (χ4n) is 4.41. The Kier molecular flexibility index (Phi) is 7.37. The van der Waals surface area contributed by atoms with Crippen LogP contribution in [0.2, 0.25) is 0 Å². The topological polar surface area (TPSA) is 146 Å². The van der Waals surface area contributed by atoms with Crippen LogP contribution >= 0.6 is 11.8 Å². The van der Waals surface area contributed by atoms with Crippen molar-refractivity contribution in [2.24, 2.45) is 11.7 Å². The van der Waals surface area contributed by atoms with E-state index in [9.17, 15) is 19.2 Å². The number of ether oxygens (including phenoxy) is 4. The molecule has 1 aromatic carbocycles. The second-order valence-electron chi connectivity index (χ2n) is 9.74. The molecule has 2 fully saturated rings. The third-order valence-corrected chi connectivity index (χ3v) is 7.95. The molecule has 11 nitrogen and oxygen atoms in total. The van der Waals surface area contributed by atoms with Crippen LogP contribution in [0, 0.1) is 5.92 Å². The number of benzene rings is 1. The Morgan fingerprint density at radius 3 is 2.72 bits per heavy atom. The Bertz CT molecular complexity index is 1060. The highest BCUT2D eigenvalue weighted by Crippen LogP contribution is 2.51. The molecule has 3 aliphatic rings. The van der Waals surface area contributed by atoms with Gasteiger partial charge in [0, 0.05) is 4.75 Å². The molecule has 196 valence electrons. The van der Waals surface area contributed by atoms with Crippen LogP contribution in [0.5, 0.6) is 11.5 Å². The van der Waals surface area contributed by atoms with Gasteiger partial charge in [0.2, 0.25) is 25.4 Å². The van der Waals surface area contributed by atoms with Crippen LogP contribution in [-0.2, 0) is 35.1 Å². The lowest BCUT2D eigenvalue weighted by Gasteiger charge is -2.44. The van der Waals surface area contributed by atoms with Crippen LogP contribution in [0.3, 0.4) is 0 Å². The summed E-state index contributed by atoms with van der Waals surface area (Å²) in [6.07, 6.45) is 0.857. The summed E-state index contributed by atoms with van der Waals surface area (Å²) in [5.74, 6) is -1.00. The van der Waals surface area contributed by atoms with E-state index in [4.69, 9.17) is 24.7 Å². The quantitative estimate of drug-likeness (QED) is 0.273. The van der Waals surface area contributed by atoms with E-state index in [0.717, 1.165) is 5.56 Å². The zero-order valence-electron chi connectivity index (χ0n) is 20.6. The van der Waals surface area contributed by atoms with Crippen LogP contribution in [0.25, 0.3) is 0 Å². The van der Waals surface area contributed by atoms with Gasteiger partial charge in [0.05, 0.1) is 12.0 Å². The molecule has 0 spiro atoms. The number of aryl methyl sites for hydroxylation is 1. The van der Waals surface area contributed by atoms with Crippen LogP contribution in [-0.4, -0.2) is 70.5 Å². The van der Waals surface area contributed by atoms with Crippen molar-refractivity contribution in [1.29, 1.82) is 0 Å². The molecule has 3 heterocycles. The molecule has 0 aromatic heterocycles. The number of hydrogen-bond acceptors (Lipinski definition) is 10. The highest BCUT2D eigenvalue weighted by molar-refractivity contribution is 8.01. The fraction of sp³-hybridized carbons (Fsp3) is 0.583. The van der Waals surface area contributed by atoms with Crippen molar-refractivity contribution in [3.63, 3.8) is 0 Å². The number of nitrogens with one attached hydrogen (secondary N) is 1. The van der Waals surface area contributed by atoms with Crippen LogP contribution < -0.4 is 20.5 Å². The number of amides is 2. The number of para-hydroxylation sites is 1. The van der Waals surface area contributed by atoms with Gasteiger partial charge in [-0.25, -0.2) is 4.79 Å². The molecule has 1 aromatic rings. The average molecular weight is 522 g/mol. The van der Waals surface area contributed by atoms with Gasteiger partial charge in [0.1, 0.15) is 17.5 Å². The Labute approximate surface area is 213 Å². The van der Waals surface area contributed by atoms with Crippen LogP contribution in [0.1, 0.15) is 39.7 Å². The molecule has 4 atom stereocenters. The number of rotatable bonds is 9. The van der Waals surface area contributed by atoms with E-state index in [2.05, 4.69) is 5.32 Å². The first kappa shape index (κ1) is 26.1. The number of nitrogens with two attached hydrogens (primary N) is 1. The number of carbonyl (C=O) groups excluding carboxylic acids is 4. The molecule has 3 N–H and O–H groups in total. The molecule has 2 amide bonds. The predicted octanol–water partition coefficient (Wildman–Crippen LogP) is 0.922. The first-order chi connectivity index (χ1) is 17.0. The number of esters is 2. The molecule has 0 bridgehead atoms. The highest BCUT2D eigenvalue weighted by Gasteiger charge is 2.64. The molecule has 4 rings (SSSR count). The van der Waals surface area contributed by atoms with E-state index in [0.29, 0.717) is 24.3 Å². The van der Waals surface area contributed by atoms with Gasteiger partial charge in [-0.3, -0.25) is 14.4 Å². The number of hydrogen-bond donors (Lipinski definition) is 2. The van der Waals surface area contributed by atoms with E-state index in [-0.39, 0.29) is 18.6 Å². The maximum atomic E-state index is 12.9. The SMILES string of the molecule is CC(C)C(=O)OCOC(=O)[C@@H]1N2C(=O)[C@@H](NC(=O)C(N)CCc3cccc4c3OCO4)[C@H]2SC1(C)C. The first-order valence-corrected chi connectivity index (χ1v) is 12.7. The maximum Gasteiger partial charge on any atom is 0.333 e. The van der Waals surface area contributed by atoms with Crippen molar-refractivity contribution in [3.8, 4) is 11.5 Å². The van der Waals surface area contributed by atoms with Gasteiger partial charge in [-0.15, -0.1) is 11.8 Å². The third-order valence-electron chi connectivity index (χ3n) is 6.38. The van der Waals surface area contributed by atoms with Gasteiger partial charge >= 0.3 is 11.9 Å². The number of thioether (sulfide) groups is 1. The summed E-state index contributed by atoms with van der Waals surface area (Å²) in [4.78, 5) is 51.4. The summed E-state index contributed by atoms with van der Waals surface area (Å²) in [7, 11) is 0. The van der Waals surface area contributed by atoms with Crippen molar-refractivity contribution in [2.45, 2.75) is 68.8 Å². The van der Waals surface area contributed by atoms with E-state index in [1.54, 1.807) is 13.8 Å². The summed E-state index contributed by atoms with van der Waals surface area (Å²) in [5, 5.41) is 2.31. The monoisotopic (exact) mass is 521 g/mol. The molecular weight excluding hydrogens is 490 g/mol. The van der Waals surface area contributed by atoms with Crippen LogP contribution in [0.15, 0.2) is 18.2 Å². The van der Waals surface area contributed by atoms with Crippen molar-refractivity contribution >= 4 is 35.5 Å². The zero-order chi connectivity index (χ0) is 26.2. The van der Waals surface area contributed by atoms with Gasteiger partial charge in [-0.1, -0.05) is 26.0 Å². The van der Waals surface area contributed by atoms with Crippen molar-refractivity contribution in [3.05, 3.63) is 23.8 Å². The summed E-state index contributed by atoms with van der Waals surface area (Å²) >= 11 is 1.40. The molecule has 2 saturated heterocycles. The molecule has 36 heavy (non-hydrogen) atoms. The Balaban J connectivity index is 1.30. The second kappa shape index (κ2) is 10.2. The highest BCUT2D eigenvalue weighted by atomic mass is 32.2. The smallest absolute Gasteiger partial charge is 0.333 e. The maximum absolute atomic E-state index is 12.9. The standard InChI is InChI=1S/C24H31N3O8S/c1-12(2)22(30)34-11-35-23(31)18-24(3,4)36-21-16(20(29)27(18)21)26-19(28)14(25)9-8-13-6-5-7-15-17(13)33-10-32-15/h5-7,12,14,16,18,21H,8-11,25H2,1-4H3,(H,26,28)/t14?,16-,18+,21-/m1/s1.